The molecule has 0 aliphatic rings. The van der Waals surface area contributed by atoms with Crippen LogP contribution in [-0.2, 0) is 0 Å². The van der Waals surface area contributed by atoms with Gasteiger partial charge < -0.3 is 5.11 Å². The average molecular weight is 290 g/mol. The molecule has 1 heteroatoms. The van der Waals surface area contributed by atoms with Crippen molar-refractivity contribution in [1.82, 2.24) is 0 Å². The first-order chi connectivity index (χ1) is 10.7. The van der Waals surface area contributed by atoms with Gasteiger partial charge in [-0.25, -0.2) is 0 Å². The number of para-hydroxylation sites is 1. The van der Waals surface area contributed by atoms with Crippen molar-refractivity contribution in [1.29, 1.82) is 0 Å². The van der Waals surface area contributed by atoms with Crippen LogP contribution in [0.5, 0.6) is 5.75 Å². The van der Waals surface area contributed by atoms with Gasteiger partial charge in [0.05, 0.1) is 0 Å². The van der Waals surface area contributed by atoms with Crippen LogP contribution in [-0.4, -0.2) is 5.11 Å². The zero-order chi connectivity index (χ0) is 15.8. The van der Waals surface area contributed by atoms with Crippen molar-refractivity contribution >= 4 is 0 Å². The third-order valence-corrected chi connectivity index (χ3v) is 3.42. The molecule has 0 unspecified atom stereocenters. The zero-order valence-corrected chi connectivity index (χ0v) is 13.1. The molecule has 0 amide bonds. The smallest absolute Gasteiger partial charge is 0.115 e. The van der Waals surface area contributed by atoms with Gasteiger partial charge >= 0.3 is 0 Å². The Kier molecular flexibility index (Phi) is 5.79. The van der Waals surface area contributed by atoms with E-state index in [1.165, 1.54) is 16.7 Å². The molecule has 0 aromatic heterocycles. The van der Waals surface area contributed by atoms with Gasteiger partial charge in [-0.2, -0.15) is 0 Å². The van der Waals surface area contributed by atoms with E-state index in [0.717, 1.165) is 0 Å². The molecule has 0 saturated carbocycles. The Morgan fingerprint density at radius 2 is 1.14 bits per heavy atom. The first-order valence-corrected chi connectivity index (χ1v) is 7.57. The highest BCUT2D eigenvalue weighted by atomic mass is 16.3. The van der Waals surface area contributed by atoms with Crippen molar-refractivity contribution in [3.63, 3.8) is 0 Å². The molecule has 0 radical (unpaired) electrons. The molecule has 0 bridgehead atoms. The van der Waals surface area contributed by atoms with E-state index in [1.807, 2.05) is 6.07 Å². The molecule has 1 nitrogen and oxygen atoms in total. The minimum absolute atomic E-state index is 0.322. The Morgan fingerprint density at radius 3 is 1.64 bits per heavy atom. The van der Waals surface area contributed by atoms with Gasteiger partial charge in [0.25, 0.3) is 0 Å². The number of phenolic OH excluding ortho intramolecular Hbond substituents is 1. The third-order valence-electron chi connectivity index (χ3n) is 3.42. The van der Waals surface area contributed by atoms with Crippen molar-refractivity contribution in [3.8, 4) is 16.9 Å². The lowest BCUT2D eigenvalue weighted by Crippen LogP contribution is -1.91. The van der Waals surface area contributed by atoms with Gasteiger partial charge in [-0.1, -0.05) is 86.6 Å². The number of aromatic hydroxyl groups is 1. The fourth-order valence-electron chi connectivity index (χ4n) is 2.31. The van der Waals surface area contributed by atoms with Crippen LogP contribution in [0.3, 0.4) is 0 Å². The van der Waals surface area contributed by atoms with E-state index in [4.69, 9.17) is 5.11 Å². The lowest BCUT2D eigenvalue weighted by molar-refractivity contribution is 0.475. The maximum Gasteiger partial charge on any atom is 0.115 e. The minimum atomic E-state index is 0.322. The van der Waals surface area contributed by atoms with Crippen LogP contribution in [0.25, 0.3) is 11.1 Å². The molecule has 0 fully saturated rings. The fraction of sp³-hybridized carbons (Fsp3) is 0.143. The van der Waals surface area contributed by atoms with Gasteiger partial charge in [0.15, 0.2) is 0 Å². The third kappa shape index (κ3) is 4.49. The summed E-state index contributed by atoms with van der Waals surface area (Å²) in [4.78, 5) is 0. The molecule has 0 atom stereocenters. The quantitative estimate of drug-likeness (QED) is 0.626. The SMILES string of the molecule is CC(C)c1ccccc1-c1ccccc1.Oc1ccccc1. The molecule has 0 aliphatic carbocycles. The van der Waals surface area contributed by atoms with E-state index in [1.54, 1.807) is 24.3 Å². The van der Waals surface area contributed by atoms with Gasteiger partial charge in [0, 0.05) is 0 Å². The molecular weight excluding hydrogens is 268 g/mol. The van der Waals surface area contributed by atoms with Crippen LogP contribution < -0.4 is 0 Å². The Morgan fingerprint density at radius 1 is 0.636 bits per heavy atom. The van der Waals surface area contributed by atoms with Crippen molar-refractivity contribution < 1.29 is 5.11 Å². The molecular formula is C21H22O. The van der Waals surface area contributed by atoms with Crippen LogP contribution in [0, 0.1) is 0 Å². The molecule has 3 rings (SSSR count). The summed E-state index contributed by atoms with van der Waals surface area (Å²) in [5.74, 6) is 0.893. The number of hydrogen-bond donors (Lipinski definition) is 1. The Bertz CT molecular complexity index is 673. The zero-order valence-electron chi connectivity index (χ0n) is 13.1. The van der Waals surface area contributed by atoms with E-state index >= 15 is 0 Å². The first-order valence-electron chi connectivity index (χ1n) is 7.57. The largest absolute Gasteiger partial charge is 0.508 e. The molecule has 112 valence electrons. The van der Waals surface area contributed by atoms with E-state index < -0.39 is 0 Å². The molecule has 0 aliphatic heterocycles. The van der Waals surface area contributed by atoms with Crippen LogP contribution in [0.15, 0.2) is 84.9 Å². The highest BCUT2D eigenvalue weighted by Gasteiger charge is 2.06. The van der Waals surface area contributed by atoms with Crippen molar-refractivity contribution in [2.75, 3.05) is 0 Å². The van der Waals surface area contributed by atoms with Gasteiger partial charge in [0.1, 0.15) is 5.75 Å². The fourth-order valence-corrected chi connectivity index (χ4v) is 2.31. The molecule has 0 heterocycles. The second-order valence-electron chi connectivity index (χ2n) is 5.44. The Labute approximate surface area is 132 Å². The molecule has 1 N–H and O–H groups in total. The normalized spacial score (nSPS) is 9.95. The van der Waals surface area contributed by atoms with Gasteiger partial charge in [0.2, 0.25) is 0 Å². The van der Waals surface area contributed by atoms with Crippen molar-refractivity contribution in [3.05, 3.63) is 90.5 Å². The van der Waals surface area contributed by atoms with Crippen LogP contribution in [0.4, 0.5) is 0 Å². The maximum absolute atomic E-state index is 8.63. The Hall–Kier alpha value is -2.54. The number of benzene rings is 3. The summed E-state index contributed by atoms with van der Waals surface area (Å²) < 4.78 is 0. The average Bonchev–Trinajstić information content (AvgIpc) is 2.57. The second kappa shape index (κ2) is 8.04. The first kappa shape index (κ1) is 15.8. The predicted octanol–water partition coefficient (Wildman–Crippen LogP) is 5.87. The summed E-state index contributed by atoms with van der Waals surface area (Å²) in [6.07, 6.45) is 0. The van der Waals surface area contributed by atoms with E-state index in [-0.39, 0.29) is 0 Å². The molecule has 0 saturated heterocycles. The van der Waals surface area contributed by atoms with Crippen molar-refractivity contribution in [2.45, 2.75) is 19.8 Å². The van der Waals surface area contributed by atoms with Crippen LogP contribution in [0.1, 0.15) is 25.3 Å². The number of rotatable bonds is 2. The van der Waals surface area contributed by atoms with E-state index in [0.29, 0.717) is 11.7 Å². The maximum atomic E-state index is 8.63. The van der Waals surface area contributed by atoms with Crippen LogP contribution >= 0.6 is 0 Å². The van der Waals surface area contributed by atoms with Gasteiger partial charge in [-0.3, -0.25) is 0 Å². The highest BCUT2D eigenvalue weighted by Crippen LogP contribution is 2.28. The summed E-state index contributed by atoms with van der Waals surface area (Å²) in [6.45, 7) is 4.48. The highest BCUT2D eigenvalue weighted by molar-refractivity contribution is 5.67. The van der Waals surface area contributed by atoms with Crippen molar-refractivity contribution in [2.24, 2.45) is 0 Å². The number of phenols is 1. The summed E-state index contributed by atoms with van der Waals surface area (Å²) >= 11 is 0. The topological polar surface area (TPSA) is 20.2 Å². The molecule has 3 aromatic carbocycles. The van der Waals surface area contributed by atoms with E-state index in [2.05, 4.69) is 68.4 Å². The molecule has 0 spiro atoms. The number of hydrogen-bond acceptors (Lipinski definition) is 1. The lowest BCUT2D eigenvalue weighted by atomic mass is 9.93. The Balaban J connectivity index is 0.000000211. The summed E-state index contributed by atoms with van der Waals surface area (Å²) in [6, 6.07) is 27.9. The van der Waals surface area contributed by atoms with E-state index in [9.17, 15) is 0 Å². The van der Waals surface area contributed by atoms with Gasteiger partial charge in [-0.15, -0.1) is 0 Å². The summed E-state index contributed by atoms with van der Waals surface area (Å²) in [7, 11) is 0. The van der Waals surface area contributed by atoms with Crippen LogP contribution in [0.2, 0.25) is 0 Å². The lowest BCUT2D eigenvalue weighted by Gasteiger charge is -2.12. The minimum Gasteiger partial charge on any atom is -0.508 e. The standard InChI is InChI=1S/C15H16.C6H6O/c1-12(2)14-10-6-7-11-15(14)13-8-4-3-5-9-13;7-6-4-2-1-3-5-6/h3-12H,1-2H3;1-5,7H. The van der Waals surface area contributed by atoms with Gasteiger partial charge in [-0.05, 0) is 34.7 Å². The monoisotopic (exact) mass is 290 g/mol. The predicted molar refractivity (Wildman–Crippen MR) is 94.1 cm³/mol. The molecule has 3 aromatic rings. The summed E-state index contributed by atoms with van der Waals surface area (Å²) in [5, 5.41) is 8.63. The second-order valence-corrected chi connectivity index (χ2v) is 5.44. The summed E-state index contributed by atoms with van der Waals surface area (Å²) in [5.41, 5.74) is 4.08. The molecule has 22 heavy (non-hydrogen) atoms.